The Labute approximate surface area is 138 Å². The van der Waals surface area contributed by atoms with Gasteiger partial charge < -0.3 is 10.2 Å². The van der Waals surface area contributed by atoms with Crippen LogP contribution < -0.4 is 0 Å². The Morgan fingerprint density at radius 2 is 1.30 bits per heavy atom. The normalized spacial score (nSPS) is 14.0. The van der Waals surface area contributed by atoms with Crippen LogP contribution in [0.2, 0.25) is 0 Å². The van der Waals surface area contributed by atoms with E-state index in [1.54, 1.807) is 6.07 Å². The highest BCUT2D eigenvalue weighted by Crippen LogP contribution is 2.34. The molecule has 0 fully saturated rings. The van der Waals surface area contributed by atoms with Gasteiger partial charge in [0.05, 0.1) is 11.8 Å². The zero-order valence-corrected chi connectivity index (χ0v) is 14.7. The van der Waals surface area contributed by atoms with Gasteiger partial charge in [0.1, 0.15) is 0 Å². The lowest BCUT2D eigenvalue weighted by Crippen LogP contribution is -2.21. The summed E-state index contributed by atoms with van der Waals surface area (Å²) in [5.74, 6) is -2.67. The second-order valence-corrected chi connectivity index (χ2v) is 7.17. The van der Waals surface area contributed by atoms with E-state index >= 15 is 0 Å². The van der Waals surface area contributed by atoms with Crippen molar-refractivity contribution in [1.82, 2.24) is 0 Å². The van der Waals surface area contributed by atoms with E-state index < -0.39 is 23.8 Å². The molecule has 0 saturated heterocycles. The molecule has 2 unspecified atom stereocenters. The first-order chi connectivity index (χ1) is 10.6. The van der Waals surface area contributed by atoms with Crippen LogP contribution in [0.5, 0.6) is 0 Å². The molecule has 23 heavy (non-hydrogen) atoms. The van der Waals surface area contributed by atoms with Crippen LogP contribution in [0.3, 0.4) is 0 Å². The van der Waals surface area contributed by atoms with Crippen LogP contribution in [0.15, 0.2) is 18.2 Å². The molecule has 0 radical (unpaired) electrons. The molecule has 0 saturated carbocycles. The molecule has 0 aliphatic rings. The van der Waals surface area contributed by atoms with Crippen molar-refractivity contribution >= 4 is 11.9 Å². The molecule has 0 aromatic heterocycles. The standard InChI is InChI=1S/C19H28O4/c1-11(2)8-16(18(20)21)14-7-6-13(5)10-15(14)17(19(22)23)9-12(3)4/h6-7,10-12,16-17H,8-9H2,1-5H3,(H,20,21)(H,22,23). The Kier molecular flexibility index (Phi) is 6.79. The first kappa shape index (κ1) is 19.2. The molecular weight excluding hydrogens is 292 g/mol. The van der Waals surface area contributed by atoms with E-state index in [1.807, 2.05) is 46.8 Å². The highest BCUT2D eigenvalue weighted by molar-refractivity contribution is 5.80. The molecule has 1 aromatic carbocycles. The molecule has 0 heterocycles. The number of benzene rings is 1. The van der Waals surface area contributed by atoms with Crippen LogP contribution in [0.4, 0.5) is 0 Å². The summed E-state index contributed by atoms with van der Waals surface area (Å²) in [7, 11) is 0. The van der Waals surface area contributed by atoms with Gasteiger partial charge in [-0.25, -0.2) is 0 Å². The van der Waals surface area contributed by atoms with Gasteiger partial charge >= 0.3 is 11.9 Å². The number of carboxylic acid groups (broad SMARTS) is 2. The van der Waals surface area contributed by atoms with E-state index in [1.165, 1.54) is 0 Å². The summed E-state index contributed by atoms with van der Waals surface area (Å²) >= 11 is 0. The van der Waals surface area contributed by atoms with E-state index in [0.717, 1.165) is 5.56 Å². The minimum atomic E-state index is -0.891. The first-order valence-corrected chi connectivity index (χ1v) is 8.19. The van der Waals surface area contributed by atoms with Crippen molar-refractivity contribution in [3.8, 4) is 0 Å². The molecule has 0 amide bonds. The van der Waals surface area contributed by atoms with Gasteiger partial charge in [0.25, 0.3) is 0 Å². The third kappa shape index (κ3) is 5.38. The van der Waals surface area contributed by atoms with Crippen molar-refractivity contribution in [2.24, 2.45) is 11.8 Å². The summed E-state index contributed by atoms with van der Waals surface area (Å²) < 4.78 is 0. The molecule has 1 rings (SSSR count). The number of aryl methyl sites for hydroxylation is 1. The topological polar surface area (TPSA) is 74.6 Å². The predicted molar refractivity (Wildman–Crippen MR) is 90.8 cm³/mol. The summed E-state index contributed by atoms with van der Waals surface area (Å²) in [6.07, 6.45) is 0.999. The maximum Gasteiger partial charge on any atom is 0.310 e. The van der Waals surface area contributed by atoms with Gasteiger partial charge in [0.15, 0.2) is 0 Å². The fraction of sp³-hybridized carbons (Fsp3) is 0.579. The van der Waals surface area contributed by atoms with Crippen molar-refractivity contribution in [2.75, 3.05) is 0 Å². The molecule has 0 aliphatic carbocycles. The second kappa shape index (κ2) is 8.14. The quantitative estimate of drug-likeness (QED) is 0.743. The summed E-state index contributed by atoms with van der Waals surface area (Å²) in [4.78, 5) is 23.5. The first-order valence-electron chi connectivity index (χ1n) is 8.19. The Morgan fingerprint density at radius 3 is 1.70 bits per heavy atom. The average Bonchev–Trinajstić information content (AvgIpc) is 2.41. The molecule has 4 heteroatoms. The lowest BCUT2D eigenvalue weighted by molar-refractivity contribution is -0.140. The highest BCUT2D eigenvalue weighted by atomic mass is 16.4. The second-order valence-electron chi connectivity index (χ2n) is 7.17. The Balaban J connectivity index is 3.42. The Morgan fingerprint density at radius 1 is 0.870 bits per heavy atom. The predicted octanol–water partition coefficient (Wildman–Crippen LogP) is 4.42. The average molecular weight is 320 g/mol. The lowest BCUT2D eigenvalue weighted by atomic mass is 9.80. The minimum Gasteiger partial charge on any atom is -0.481 e. The van der Waals surface area contributed by atoms with Crippen LogP contribution in [0, 0.1) is 18.8 Å². The van der Waals surface area contributed by atoms with Crippen LogP contribution in [0.25, 0.3) is 0 Å². The molecule has 0 spiro atoms. The monoisotopic (exact) mass is 320 g/mol. The largest absolute Gasteiger partial charge is 0.481 e. The maximum absolute atomic E-state index is 11.8. The molecular formula is C19H28O4. The van der Waals surface area contributed by atoms with Crippen LogP contribution in [-0.2, 0) is 9.59 Å². The number of hydrogen-bond donors (Lipinski definition) is 2. The maximum atomic E-state index is 11.8. The van der Waals surface area contributed by atoms with Gasteiger partial charge in [-0.3, -0.25) is 9.59 Å². The van der Waals surface area contributed by atoms with E-state index in [-0.39, 0.29) is 11.8 Å². The zero-order valence-electron chi connectivity index (χ0n) is 14.7. The number of aliphatic carboxylic acids is 2. The molecule has 2 N–H and O–H groups in total. The number of carbonyl (C=O) groups is 2. The Hall–Kier alpha value is -1.84. The fourth-order valence-electron chi connectivity index (χ4n) is 2.98. The van der Waals surface area contributed by atoms with E-state index in [9.17, 15) is 19.8 Å². The van der Waals surface area contributed by atoms with Crippen molar-refractivity contribution in [1.29, 1.82) is 0 Å². The number of hydrogen-bond acceptors (Lipinski definition) is 2. The van der Waals surface area contributed by atoms with Crippen molar-refractivity contribution in [2.45, 2.75) is 59.3 Å². The fourth-order valence-corrected chi connectivity index (χ4v) is 2.98. The van der Waals surface area contributed by atoms with E-state index in [4.69, 9.17) is 0 Å². The highest BCUT2D eigenvalue weighted by Gasteiger charge is 2.30. The van der Waals surface area contributed by atoms with Gasteiger partial charge in [-0.1, -0.05) is 51.5 Å². The van der Waals surface area contributed by atoms with Crippen LogP contribution in [0.1, 0.15) is 69.1 Å². The molecule has 128 valence electrons. The third-order valence-electron chi connectivity index (χ3n) is 4.00. The lowest BCUT2D eigenvalue weighted by Gasteiger charge is -2.23. The Bertz CT molecular complexity index is 560. The zero-order chi connectivity index (χ0) is 17.7. The molecule has 0 aliphatic heterocycles. The number of carboxylic acids is 2. The van der Waals surface area contributed by atoms with Crippen LogP contribution >= 0.6 is 0 Å². The van der Waals surface area contributed by atoms with Gasteiger partial charge in [-0.05, 0) is 42.7 Å². The third-order valence-corrected chi connectivity index (χ3v) is 4.00. The van der Waals surface area contributed by atoms with Gasteiger partial charge in [-0.15, -0.1) is 0 Å². The minimum absolute atomic E-state index is 0.220. The van der Waals surface area contributed by atoms with E-state index in [0.29, 0.717) is 24.0 Å². The molecule has 0 bridgehead atoms. The molecule has 1 aromatic rings. The van der Waals surface area contributed by atoms with Gasteiger partial charge in [-0.2, -0.15) is 0 Å². The van der Waals surface area contributed by atoms with Crippen molar-refractivity contribution in [3.05, 3.63) is 34.9 Å². The summed E-state index contributed by atoms with van der Waals surface area (Å²) in [5, 5.41) is 19.3. The van der Waals surface area contributed by atoms with Crippen molar-refractivity contribution in [3.63, 3.8) is 0 Å². The van der Waals surface area contributed by atoms with Crippen molar-refractivity contribution < 1.29 is 19.8 Å². The van der Waals surface area contributed by atoms with Crippen LogP contribution in [-0.4, -0.2) is 22.2 Å². The van der Waals surface area contributed by atoms with E-state index in [2.05, 4.69) is 0 Å². The van der Waals surface area contributed by atoms with Gasteiger partial charge in [0.2, 0.25) is 0 Å². The van der Waals surface area contributed by atoms with Gasteiger partial charge in [0, 0.05) is 0 Å². The summed E-state index contributed by atoms with van der Waals surface area (Å²) in [5.41, 5.74) is 2.25. The SMILES string of the molecule is Cc1ccc(C(CC(C)C)C(=O)O)c(C(CC(C)C)C(=O)O)c1. The smallest absolute Gasteiger partial charge is 0.310 e. The molecule has 2 atom stereocenters. The number of rotatable bonds is 8. The summed E-state index contributed by atoms with van der Waals surface area (Å²) in [6.45, 7) is 9.82. The molecule has 4 nitrogen and oxygen atoms in total. The summed E-state index contributed by atoms with van der Waals surface area (Å²) in [6, 6.07) is 5.50.